The molecule has 0 aromatic heterocycles. The molecule has 0 aliphatic rings. The van der Waals surface area contributed by atoms with E-state index in [1.807, 2.05) is 31.2 Å². The average Bonchev–Trinajstić information content (AvgIpc) is 2.37. The highest BCUT2D eigenvalue weighted by Crippen LogP contribution is 2.30. The van der Waals surface area contributed by atoms with Gasteiger partial charge in [0.15, 0.2) is 0 Å². The first kappa shape index (κ1) is 16.5. The van der Waals surface area contributed by atoms with Crippen LogP contribution in [0.25, 0.3) is 0 Å². The van der Waals surface area contributed by atoms with E-state index in [1.165, 1.54) is 0 Å². The van der Waals surface area contributed by atoms with E-state index in [2.05, 4.69) is 26.1 Å². The van der Waals surface area contributed by atoms with Gasteiger partial charge in [0.2, 0.25) is 5.91 Å². The predicted molar refractivity (Wildman–Crippen MR) is 81.9 cm³/mol. The lowest BCUT2D eigenvalue weighted by Gasteiger charge is -2.24. The highest BCUT2D eigenvalue weighted by Gasteiger charge is 2.20. The molecule has 4 nitrogen and oxygen atoms in total. The molecular formula is C16H26N2O2. The molecule has 1 unspecified atom stereocenters. The van der Waals surface area contributed by atoms with Gasteiger partial charge < -0.3 is 15.8 Å². The Hall–Kier alpha value is -1.55. The number of nitrogens with one attached hydrogen (secondary N) is 1. The Morgan fingerprint density at radius 2 is 2.00 bits per heavy atom. The van der Waals surface area contributed by atoms with E-state index < -0.39 is 6.04 Å². The van der Waals surface area contributed by atoms with Crippen LogP contribution in [0.5, 0.6) is 5.75 Å². The van der Waals surface area contributed by atoms with Gasteiger partial charge in [-0.1, -0.05) is 45.9 Å². The van der Waals surface area contributed by atoms with Gasteiger partial charge in [-0.3, -0.25) is 4.79 Å². The zero-order valence-corrected chi connectivity index (χ0v) is 12.9. The van der Waals surface area contributed by atoms with E-state index in [0.717, 1.165) is 24.3 Å². The highest BCUT2D eigenvalue weighted by molar-refractivity contribution is 5.80. The number of primary amides is 1. The van der Waals surface area contributed by atoms with Crippen molar-refractivity contribution in [2.45, 2.75) is 45.6 Å². The third kappa shape index (κ3) is 4.85. The van der Waals surface area contributed by atoms with Gasteiger partial charge in [-0.25, -0.2) is 0 Å². The summed E-state index contributed by atoms with van der Waals surface area (Å²) in [6, 6.07) is 7.45. The molecule has 0 saturated carbocycles. The van der Waals surface area contributed by atoms with Crippen LogP contribution in [-0.4, -0.2) is 25.1 Å². The predicted octanol–water partition coefficient (Wildman–Crippen LogP) is 2.22. The fraction of sp³-hybridized carbons (Fsp3) is 0.562. The van der Waals surface area contributed by atoms with Crippen LogP contribution in [0, 0.1) is 0 Å². The molecule has 1 aromatic rings. The summed E-state index contributed by atoms with van der Waals surface area (Å²) in [4.78, 5) is 11.4. The molecule has 0 bridgehead atoms. The third-order valence-electron chi connectivity index (χ3n) is 3.08. The van der Waals surface area contributed by atoms with Crippen LogP contribution in [0.15, 0.2) is 24.3 Å². The van der Waals surface area contributed by atoms with E-state index in [9.17, 15) is 4.79 Å². The largest absolute Gasteiger partial charge is 0.491 e. The van der Waals surface area contributed by atoms with Crippen molar-refractivity contribution >= 4 is 5.91 Å². The molecule has 1 rings (SSSR count). The average molecular weight is 278 g/mol. The van der Waals surface area contributed by atoms with Crippen LogP contribution < -0.4 is 15.8 Å². The van der Waals surface area contributed by atoms with Crippen molar-refractivity contribution in [3.8, 4) is 5.75 Å². The summed E-state index contributed by atoms with van der Waals surface area (Å²) < 4.78 is 5.82. The number of benzene rings is 1. The molecule has 4 heteroatoms. The first-order chi connectivity index (χ1) is 9.36. The van der Waals surface area contributed by atoms with Crippen molar-refractivity contribution in [1.29, 1.82) is 0 Å². The van der Waals surface area contributed by atoms with E-state index in [4.69, 9.17) is 10.5 Å². The van der Waals surface area contributed by atoms with E-state index in [-0.39, 0.29) is 17.9 Å². The van der Waals surface area contributed by atoms with Crippen molar-refractivity contribution in [1.82, 2.24) is 5.32 Å². The van der Waals surface area contributed by atoms with Crippen LogP contribution in [-0.2, 0) is 10.2 Å². The van der Waals surface area contributed by atoms with E-state index in [1.54, 1.807) is 0 Å². The second kappa shape index (κ2) is 7.29. The lowest BCUT2D eigenvalue weighted by Crippen LogP contribution is -2.45. The van der Waals surface area contributed by atoms with E-state index >= 15 is 0 Å². The standard InChI is InChI=1S/C16H26N2O2/c1-5-10-18-13(15(17)19)11-20-14-9-7-6-8-12(14)16(2,3)4/h6-9,13,18H,5,10-11H2,1-4H3,(H2,17,19). The van der Waals surface area contributed by atoms with Gasteiger partial charge in [-0.05, 0) is 30.0 Å². The maximum Gasteiger partial charge on any atom is 0.238 e. The van der Waals surface area contributed by atoms with Crippen molar-refractivity contribution in [3.63, 3.8) is 0 Å². The van der Waals surface area contributed by atoms with Gasteiger partial charge in [0.1, 0.15) is 18.4 Å². The summed E-state index contributed by atoms with van der Waals surface area (Å²) in [7, 11) is 0. The number of carbonyl (C=O) groups is 1. The topological polar surface area (TPSA) is 64.3 Å². The Labute approximate surface area is 121 Å². The summed E-state index contributed by atoms with van der Waals surface area (Å²) in [6.45, 7) is 9.45. The summed E-state index contributed by atoms with van der Waals surface area (Å²) >= 11 is 0. The van der Waals surface area contributed by atoms with Crippen LogP contribution in [0.3, 0.4) is 0 Å². The van der Waals surface area contributed by atoms with Gasteiger partial charge >= 0.3 is 0 Å². The molecule has 0 aliphatic heterocycles. The van der Waals surface area contributed by atoms with Crippen LogP contribution >= 0.6 is 0 Å². The molecule has 1 atom stereocenters. The van der Waals surface area contributed by atoms with Crippen LogP contribution in [0.2, 0.25) is 0 Å². The molecule has 0 saturated heterocycles. The van der Waals surface area contributed by atoms with Crippen molar-refractivity contribution < 1.29 is 9.53 Å². The number of hydrogen-bond donors (Lipinski definition) is 2. The van der Waals surface area contributed by atoms with Gasteiger partial charge in [0.05, 0.1) is 0 Å². The second-order valence-corrected chi connectivity index (χ2v) is 5.97. The number of para-hydroxylation sites is 1. The summed E-state index contributed by atoms with van der Waals surface area (Å²) in [6.07, 6.45) is 0.947. The molecule has 1 amide bonds. The molecule has 3 N–H and O–H groups in total. The van der Waals surface area contributed by atoms with Gasteiger partial charge in [0, 0.05) is 0 Å². The SMILES string of the molecule is CCCNC(COc1ccccc1C(C)(C)C)C(N)=O. The Bertz CT molecular complexity index is 438. The first-order valence-corrected chi connectivity index (χ1v) is 7.11. The minimum absolute atomic E-state index is 0.00430. The number of carbonyl (C=O) groups excluding carboxylic acids is 1. The monoisotopic (exact) mass is 278 g/mol. The smallest absolute Gasteiger partial charge is 0.238 e. The summed E-state index contributed by atoms with van der Waals surface area (Å²) in [5.41, 5.74) is 6.50. The molecule has 0 spiro atoms. The normalized spacial score (nSPS) is 13.0. The van der Waals surface area contributed by atoms with Crippen molar-refractivity contribution in [3.05, 3.63) is 29.8 Å². The molecule has 0 aliphatic carbocycles. The Kier molecular flexibility index (Phi) is 6.02. The van der Waals surface area contributed by atoms with Crippen molar-refractivity contribution in [2.75, 3.05) is 13.2 Å². The Balaban J connectivity index is 2.75. The maximum atomic E-state index is 11.4. The summed E-state index contributed by atoms with van der Waals surface area (Å²) in [5.74, 6) is 0.427. The second-order valence-electron chi connectivity index (χ2n) is 5.97. The maximum absolute atomic E-state index is 11.4. The lowest BCUT2D eigenvalue weighted by atomic mass is 9.86. The number of ether oxygens (including phenoxy) is 1. The minimum atomic E-state index is -0.456. The molecule has 0 heterocycles. The molecule has 20 heavy (non-hydrogen) atoms. The molecule has 112 valence electrons. The summed E-state index contributed by atoms with van der Waals surface area (Å²) in [5, 5.41) is 3.10. The first-order valence-electron chi connectivity index (χ1n) is 7.11. The Morgan fingerprint density at radius 1 is 1.35 bits per heavy atom. The number of amides is 1. The van der Waals surface area contributed by atoms with Gasteiger partial charge in [0.25, 0.3) is 0 Å². The number of hydrogen-bond acceptors (Lipinski definition) is 3. The zero-order chi connectivity index (χ0) is 15.2. The van der Waals surface area contributed by atoms with Crippen LogP contribution in [0.4, 0.5) is 0 Å². The van der Waals surface area contributed by atoms with Crippen molar-refractivity contribution in [2.24, 2.45) is 5.73 Å². The fourth-order valence-electron chi connectivity index (χ4n) is 1.95. The van der Waals surface area contributed by atoms with E-state index in [0.29, 0.717) is 0 Å². The van der Waals surface area contributed by atoms with Gasteiger partial charge in [-0.15, -0.1) is 0 Å². The lowest BCUT2D eigenvalue weighted by molar-refractivity contribution is -0.120. The molecular weight excluding hydrogens is 252 g/mol. The van der Waals surface area contributed by atoms with Gasteiger partial charge in [-0.2, -0.15) is 0 Å². The molecule has 0 radical (unpaired) electrons. The highest BCUT2D eigenvalue weighted by atomic mass is 16.5. The molecule has 1 aromatic carbocycles. The zero-order valence-electron chi connectivity index (χ0n) is 12.9. The minimum Gasteiger partial charge on any atom is -0.491 e. The van der Waals surface area contributed by atoms with Crippen LogP contribution in [0.1, 0.15) is 39.7 Å². The molecule has 0 fully saturated rings. The fourth-order valence-corrected chi connectivity index (χ4v) is 1.95. The number of nitrogens with two attached hydrogens (primary N) is 1. The third-order valence-corrected chi connectivity index (χ3v) is 3.08. The number of rotatable bonds is 7. The Morgan fingerprint density at radius 3 is 2.55 bits per heavy atom. The quantitative estimate of drug-likeness (QED) is 0.804.